The Morgan fingerprint density at radius 1 is 1.40 bits per heavy atom. The second-order valence-corrected chi connectivity index (χ2v) is 6.54. The molecule has 0 saturated carbocycles. The van der Waals surface area contributed by atoms with Crippen LogP contribution < -0.4 is 4.74 Å². The number of likely N-dealkylation sites (tertiary alicyclic amines) is 1. The number of furan rings is 1. The summed E-state index contributed by atoms with van der Waals surface area (Å²) in [7, 11) is 0. The first-order valence-electron chi connectivity index (χ1n) is 8.39. The van der Waals surface area contributed by atoms with Crippen molar-refractivity contribution in [1.29, 1.82) is 0 Å². The number of halogens is 1. The van der Waals surface area contributed by atoms with Crippen LogP contribution in [0.2, 0.25) is 0 Å². The fourth-order valence-corrected chi connectivity index (χ4v) is 3.61. The molecule has 2 aliphatic rings. The number of amides is 1. The number of hydrogen-bond donors (Lipinski definition) is 0. The Hall–Kier alpha value is -2.41. The number of ether oxygens (including phenoxy) is 2. The molecule has 1 spiro atoms. The van der Waals surface area contributed by atoms with Crippen LogP contribution in [0.15, 0.2) is 41.1 Å². The molecule has 25 heavy (non-hydrogen) atoms. The van der Waals surface area contributed by atoms with E-state index in [1.165, 1.54) is 24.6 Å². The molecule has 132 valence electrons. The lowest BCUT2D eigenvalue weighted by Gasteiger charge is -2.39. The number of hydrogen-bond acceptors (Lipinski definition) is 5. The number of nitrogens with zero attached hydrogens (tertiary/aromatic N) is 2. The van der Waals surface area contributed by atoms with Crippen LogP contribution in [0, 0.1) is 5.82 Å². The third-order valence-electron chi connectivity index (χ3n) is 4.74. The lowest BCUT2D eigenvalue weighted by Crippen LogP contribution is -2.50. The molecule has 2 saturated heterocycles. The molecule has 1 amide bonds. The molecule has 2 aromatic heterocycles. The number of rotatable bonds is 3. The summed E-state index contributed by atoms with van der Waals surface area (Å²) < 4.78 is 30.6. The van der Waals surface area contributed by atoms with Crippen LogP contribution >= 0.6 is 0 Å². The van der Waals surface area contributed by atoms with E-state index in [1.807, 2.05) is 0 Å². The van der Waals surface area contributed by atoms with Crippen molar-refractivity contribution in [3.05, 3.63) is 48.3 Å². The molecule has 4 rings (SSSR count). The number of carbonyl (C=O) groups is 1. The first-order chi connectivity index (χ1) is 12.2. The van der Waals surface area contributed by atoms with Crippen molar-refractivity contribution in [2.45, 2.75) is 31.0 Å². The smallest absolute Gasteiger partial charge is 0.289 e. The summed E-state index contributed by atoms with van der Waals surface area (Å²) in [6.07, 6.45) is 5.00. The summed E-state index contributed by atoms with van der Waals surface area (Å²) in [6, 6.07) is 6.20. The van der Waals surface area contributed by atoms with Gasteiger partial charge in [-0.1, -0.05) is 0 Å². The van der Waals surface area contributed by atoms with Crippen LogP contribution in [0.3, 0.4) is 0 Å². The average molecular weight is 346 g/mol. The Kier molecular flexibility index (Phi) is 4.17. The van der Waals surface area contributed by atoms with Crippen molar-refractivity contribution < 1.29 is 23.1 Å². The molecular weight excluding hydrogens is 327 g/mol. The highest BCUT2D eigenvalue weighted by molar-refractivity contribution is 5.91. The highest BCUT2D eigenvalue weighted by Gasteiger charge is 2.46. The van der Waals surface area contributed by atoms with E-state index in [0.717, 1.165) is 12.8 Å². The van der Waals surface area contributed by atoms with Crippen molar-refractivity contribution in [2.75, 3.05) is 19.7 Å². The molecule has 0 aliphatic carbocycles. The van der Waals surface area contributed by atoms with Crippen LogP contribution in [0.5, 0.6) is 5.88 Å². The Morgan fingerprint density at radius 2 is 2.32 bits per heavy atom. The van der Waals surface area contributed by atoms with E-state index in [2.05, 4.69) is 4.98 Å². The van der Waals surface area contributed by atoms with E-state index in [9.17, 15) is 9.18 Å². The van der Waals surface area contributed by atoms with Gasteiger partial charge in [0.25, 0.3) is 11.8 Å². The Balaban J connectivity index is 1.42. The predicted octanol–water partition coefficient (Wildman–Crippen LogP) is 2.66. The first-order valence-corrected chi connectivity index (χ1v) is 8.39. The monoisotopic (exact) mass is 346 g/mol. The van der Waals surface area contributed by atoms with Crippen LogP contribution in [-0.4, -0.2) is 47.2 Å². The van der Waals surface area contributed by atoms with E-state index >= 15 is 0 Å². The van der Waals surface area contributed by atoms with Gasteiger partial charge in [0, 0.05) is 19.2 Å². The zero-order valence-electron chi connectivity index (χ0n) is 13.7. The number of piperidine rings is 1. The van der Waals surface area contributed by atoms with Gasteiger partial charge in [-0.3, -0.25) is 4.79 Å². The predicted molar refractivity (Wildman–Crippen MR) is 85.8 cm³/mol. The van der Waals surface area contributed by atoms with Crippen LogP contribution in [0.25, 0.3) is 0 Å². The highest BCUT2D eigenvalue weighted by atomic mass is 19.1. The molecule has 4 heterocycles. The molecule has 6 nitrogen and oxygen atoms in total. The maximum atomic E-state index is 13.7. The Bertz CT molecular complexity index is 751. The molecule has 7 heteroatoms. The molecule has 2 atom stereocenters. The maximum absolute atomic E-state index is 13.7. The third-order valence-corrected chi connectivity index (χ3v) is 4.74. The van der Waals surface area contributed by atoms with Crippen LogP contribution in [0.4, 0.5) is 4.39 Å². The fourth-order valence-electron chi connectivity index (χ4n) is 3.61. The van der Waals surface area contributed by atoms with Crippen molar-refractivity contribution in [2.24, 2.45) is 0 Å². The molecular formula is C18H19FN2O4. The number of pyridine rings is 1. The maximum Gasteiger partial charge on any atom is 0.289 e. The second kappa shape index (κ2) is 6.48. The van der Waals surface area contributed by atoms with Gasteiger partial charge in [0.2, 0.25) is 0 Å². The zero-order chi connectivity index (χ0) is 17.3. The Morgan fingerprint density at radius 3 is 3.12 bits per heavy atom. The van der Waals surface area contributed by atoms with Crippen molar-refractivity contribution >= 4 is 5.91 Å². The molecule has 0 aromatic carbocycles. The van der Waals surface area contributed by atoms with E-state index in [1.54, 1.807) is 17.0 Å². The molecule has 0 N–H and O–H groups in total. The topological polar surface area (TPSA) is 64.8 Å². The molecule has 0 bridgehead atoms. The number of carbonyl (C=O) groups excluding carboxylic acids is 1. The van der Waals surface area contributed by atoms with Gasteiger partial charge in [-0.2, -0.15) is 0 Å². The summed E-state index contributed by atoms with van der Waals surface area (Å²) in [6.45, 7) is 1.51. The van der Waals surface area contributed by atoms with Crippen molar-refractivity contribution in [3.63, 3.8) is 0 Å². The summed E-state index contributed by atoms with van der Waals surface area (Å²) in [5.74, 6) is -0.291. The molecule has 2 fully saturated rings. The lowest BCUT2D eigenvalue weighted by atomic mass is 9.89. The van der Waals surface area contributed by atoms with Gasteiger partial charge < -0.3 is 18.8 Å². The molecule has 0 radical (unpaired) electrons. The molecule has 2 aliphatic heterocycles. The van der Waals surface area contributed by atoms with Crippen LogP contribution in [-0.2, 0) is 4.74 Å². The van der Waals surface area contributed by atoms with E-state index in [4.69, 9.17) is 13.9 Å². The minimum absolute atomic E-state index is 0.00697. The second-order valence-electron chi connectivity index (χ2n) is 6.54. The van der Waals surface area contributed by atoms with Crippen molar-refractivity contribution in [3.8, 4) is 5.88 Å². The molecule has 2 aromatic rings. The van der Waals surface area contributed by atoms with Gasteiger partial charge in [0.15, 0.2) is 11.6 Å². The molecule has 0 unspecified atom stereocenters. The minimum Gasteiger partial charge on any atom is -0.470 e. The standard InChI is InChI=1S/C18H19FN2O4/c19-14-4-1-7-20-16(14)25-13-10-18(24-11-13)6-3-8-21(12-18)17(22)15-5-2-9-23-15/h1-2,4-5,7,9,13H,3,6,8,10-12H2/t13-,18+/m1/s1. The summed E-state index contributed by atoms with van der Waals surface area (Å²) in [5.41, 5.74) is -0.448. The third kappa shape index (κ3) is 3.24. The quantitative estimate of drug-likeness (QED) is 0.855. The van der Waals surface area contributed by atoms with Crippen LogP contribution in [0.1, 0.15) is 29.8 Å². The van der Waals surface area contributed by atoms with E-state index in [-0.39, 0.29) is 17.9 Å². The van der Waals surface area contributed by atoms with Gasteiger partial charge in [0.1, 0.15) is 6.10 Å². The average Bonchev–Trinajstić information content (AvgIpc) is 3.27. The van der Waals surface area contributed by atoms with Gasteiger partial charge in [-0.05, 0) is 37.1 Å². The largest absolute Gasteiger partial charge is 0.470 e. The van der Waals surface area contributed by atoms with Gasteiger partial charge in [-0.15, -0.1) is 0 Å². The van der Waals surface area contributed by atoms with E-state index in [0.29, 0.717) is 31.9 Å². The lowest BCUT2D eigenvalue weighted by molar-refractivity contribution is -0.0459. The van der Waals surface area contributed by atoms with Crippen molar-refractivity contribution in [1.82, 2.24) is 9.88 Å². The van der Waals surface area contributed by atoms with Gasteiger partial charge >= 0.3 is 0 Å². The highest BCUT2D eigenvalue weighted by Crippen LogP contribution is 2.36. The Labute approximate surface area is 144 Å². The summed E-state index contributed by atoms with van der Waals surface area (Å²) in [5, 5.41) is 0. The minimum atomic E-state index is -0.485. The summed E-state index contributed by atoms with van der Waals surface area (Å²) >= 11 is 0. The number of aromatic nitrogens is 1. The van der Waals surface area contributed by atoms with Gasteiger partial charge in [0.05, 0.1) is 25.0 Å². The normalized spacial score (nSPS) is 26.1. The summed E-state index contributed by atoms with van der Waals surface area (Å²) in [4.78, 5) is 18.2. The zero-order valence-corrected chi connectivity index (χ0v) is 13.7. The fraction of sp³-hybridized carbons (Fsp3) is 0.444. The first kappa shape index (κ1) is 16.1. The SMILES string of the molecule is O=C(c1ccco1)N1CCC[C@]2(C[C@@H](Oc3ncccc3F)CO2)C1. The van der Waals surface area contributed by atoms with E-state index < -0.39 is 11.4 Å². The van der Waals surface area contributed by atoms with Gasteiger partial charge in [-0.25, -0.2) is 9.37 Å².